The van der Waals surface area contributed by atoms with Crippen LogP contribution >= 0.6 is 0 Å². The Balaban J connectivity index is 1.88. The first-order valence-corrected chi connectivity index (χ1v) is 9.44. The normalized spacial score (nSPS) is 19.6. The number of nitrogens with zero attached hydrogens (tertiary/aromatic N) is 1. The van der Waals surface area contributed by atoms with E-state index in [1.54, 1.807) is 16.4 Å². The van der Waals surface area contributed by atoms with Gasteiger partial charge in [-0.25, -0.2) is 8.42 Å². The minimum atomic E-state index is -3.47. The van der Waals surface area contributed by atoms with Crippen LogP contribution in [0.5, 0.6) is 0 Å². The highest BCUT2D eigenvalue weighted by molar-refractivity contribution is 7.89. The van der Waals surface area contributed by atoms with Gasteiger partial charge in [0.25, 0.3) is 0 Å². The highest BCUT2D eigenvalue weighted by Crippen LogP contribution is 2.27. The molecular weight excluding hydrogens is 308 g/mol. The monoisotopic (exact) mass is 330 g/mol. The van der Waals surface area contributed by atoms with Crippen LogP contribution in [0.15, 0.2) is 59.5 Å². The number of benzene rings is 2. The van der Waals surface area contributed by atoms with Crippen LogP contribution in [0.2, 0.25) is 0 Å². The molecule has 1 aliphatic rings. The molecule has 1 heterocycles. The fourth-order valence-corrected chi connectivity index (χ4v) is 4.82. The van der Waals surface area contributed by atoms with E-state index in [0.29, 0.717) is 18.0 Å². The lowest BCUT2D eigenvalue weighted by Gasteiger charge is -2.33. The molecule has 0 aliphatic carbocycles. The lowest BCUT2D eigenvalue weighted by molar-refractivity contribution is 0.257. The Hall–Kier alpha value is -1.69. The molecule has 122 valence electrons. The van der Waals surface area contributed by atoms with E-state index in [1.807, 2.05) is 42.5 Å². The summed E-state index contributed by atoms with van der Waals surface area (Å²) in [6, 6.07) is 17.0. The van der Waals surface area contributed by atoms with E-state index in [4.69, 9.17) is 5.73 Å². The molecular formula is C18H22N2O2S. The molecule has 0 spiro atoms. The van der Waals surface area contributed by atoms with E-state index in [0.717, 1.165) is 30.4 Å². The second-order valence-corrected chi connectivity index (χ2v) is 7.78. The van der Waals surface area contributed by atoms with Crippen molar-refractivity contribution >= 4 is 10.0 Å². The van der Waals surface area contributed by atoms with Crippen molar-refractivity contribution < 1.29 is 8.42 Å². The fourth-order valence-electron chi connectivity index (χ4n) is 3.11. The summed E-state index contributed by atoms with van der Waals surface area (Å²) < 4.78 is 27.3. The average Bonchev–Trinajstić information content (AvgIpc) is 2.62. The van der Waals surface area contributed by atoms with Crippen LogP contribution in [0.3, 0.4) is 0 Å². The minimum Gasteiger partial charge on any atom is -0.329 e. The lowest BCUT2D eigenvalue weighted by atomic mass is 10.1. The molecule has 1 saturated heterocycles. The van der Waals surface area contributed by atoms with Crippen molar-refractivity contribution in [3.05, 3.63) is 54.6 Å². The van der Waals surface area contributed by atoms with Crippen LogP contribution in [0.25, 0.3) is 11.1 Å². The quantitative estimate of drug-likeness (QED) is 0.937. The zero-order valence-electron chi connectivity index (χ0n) is 13.1. The first-order chi connectivity index (χ1) is 11.1. The predicted molar refractivity (Wildman–Crippen MR) is 92.5 cm³/mol. The zero-order chi connectivity index (χ0) is 16.3. The molecule has 1 atom stereocenters. The van der Waals surface area contributed by atoms with Gasteiger partial charge in [-0.05, 0) is 36.1 Å². The molecule has 2 aromatic rings. The molecule has 4 nitrogen and oxygen atoms in total. The van der Waals surface area contributed by atoms with Crippen LogP contribution < -0.4 is 5.73 Å². The Morgan fingerprint density at radius 2 is 1.61 bits per heavy atom. The van der Waals surface area contributed by atoms with Crippen molar-refractivity contribution in [3.8, 4) is 11.1 Å². The van der Waals surface area contributed by atoms with Gasteiger partial charge in [0.2, 0.25) is 10.0 Å². The summed E-state index contributed by atoms with van der Waals surface area (Å²) in [5.74, 6) is 0. The SMILES string of the molecule is NCC1CCCCN1S(=O)(=O)c1ccc(-c2ccccc2)cc1. The standard InChI is InChI=1S/C18H22N2O2S/c19-14-17-8-4-5-13-20(17)23(21,22)18-11-9-16(10-12-18)15-6-2-1-3-7-15/h1-3,6-7,9-12,17H,4-5,8,13-14,19H2. The van der Waals surface area contributed by atoms with Crippen LogP contribution in [-0.4, -0.2) is 31.9 Å². The van der Waals surface area contributed by atoms with E-state index >= 15 is 0 Å². The summed E-state index contributed by atoms with van der Waals surface area (Å²) in [7, 11) is -3.47. The van der Waals surface area contributed by atoms with Crippen LogP contribution in [-0.2, 0) is 10.0 Å². The third-order valence-corrected chi connectivity index (χ3v) is 6.38. The van der Waals surface area contributed by atoms with Gasteiger partial charge >= 0.3 is 0 Å². The Morgan fingerprint density at radius 3 is 2.26 bits per heavy atom. The fraction of sp³-hybridized carbons (Fsp3) is 0.333. The third kappa shape index (κ3) is 3.32. The maximum absolute atomic E-state index is 12.9. The molecule has 0 radical (unpaired) electrons. The smallest absolute Gasteiger partial charge is 0.243 e. The van der Waals surface area contributed by atoms with Crippen molar-refractivity contribution in [1.29, 1.82) is 0 Å². The molecule has 2 aromatic carbocycles. The third-order valence-electron chi connectivity index (χ3n) is 4.41. The van der Waals surface area contributed by atoms with E-state index in [2.05, 4.69) is 0 Å². The highest BCUT2D eigenvalue weighted by atomic mass is 32.2. The van der Waals surface area contributed by atoms with E-state index in [9.17, 15) is 8.42 Å². The lowest BCUT2D eigenvalue weighted by Crippen LogP contribution is -2.47. The molecule has 0 saturated carbocycles. The molecule has 1 unspecified atom stereocenters. The van der Waals surface area contributed by atoms with Gasteiger partial charge in [-0.1, -0.05) is 48.9 Å². The molecule has 1 aliphatic heterocycles. The second-order valence-electron chi connectivity index (χ2n) is 5.89. The van der Waals surface area contributed by atoms with Gasteiger partial charge in [0.15, 0.2) is 0 Å². The molecule has 2 N–H and O–H groups in total. The maximum Gasteiger partial charge on any atom is 0.243 e. The molecule has 0 bridgehead atoms. The number of hydrogen-bond acceptors (Lipinski definition) is 3. The molecule has 23 heavy (non-hydrogen) atoms. The summed E-state index contributed by atoms with van der Waals surface area (Å²) in [5.41, 5.74) is 7.85. The second kappa shape index (κ2) is 6.83. The average molecular weight is 330 g/mol. The Morgan fingerprint density at radius 1 is 0.957 bits per heavy atom. The minimum absolute atomic E-state index is 0.0810. The number of rotatable bonds is 4. The van der Waals surface area contributed by atoms with Crippen LogP contribution in [0.1, 0.15) is 19.3 Å². The molecule has 1 fully saturated rings. The number of nitrogens with two attached hydrogens (primary N) is 1. The first-order valence-electron chi connectivity index (χ1n) is 8.00. The number of sulfonamides is 1. The number of hydrogen-bond donors (Lipinski definition) is 1. The summed E-state index contributed by atoms with van der Waals surface area (Å²) in [4.78, 5) is 0.345. The van der Waals surface area contributed by atoms with Gasteiger partial charge < -0.3 is 5.73 Å². The van der Waals surface area contributed by atoms with E-state index in [-0.39, 0.29) is 6.04 Å². The van der Waals surface area contributed by atoms with Gasteiger partial charge in [0.05, 0.1) is 4.90 Å². The van der Waals surface area contributed by atoms with E-state index in [1.165, 1.54) is 0 Å². The predicted octanol–water partition coefficient (Wildman–Crippen LogP) is 2.86. The summed E-state index contributed by atoms with van der Waals surface area (Å²) in [6.07, 6.45) is 2.79. The van der Waals surface area contributed by atoms with Crippen LogP contribution in [0.4, 0.5) is 0 Å². The first kappa shape index (κ1) is 16.2. The molecule has 5 heteroatoms. The zero-order valence-corrected chi connectivity index (χ0v) is 13.9. The van der Waals surface area contributed by atoms with Gasteiger partial charge in [-0.2, -0.15) is 4.31 Å². The van der Waals surface area contributed by atoms with Gasteiger partial charge in [0.1, 0.15) is 0 Å². The Bertz CT molecular complexity index is 742. The van der Waals surface area contributed by atoms with Crippen molar-refractivity contribution in [2.24, 2.45) is 5.73 Å². The summed E-state index contributed by atoms with van der Waals surface area (Å²) >= 11 is 0. The van der Waals surface area contributed by atoms with Gasteiger partial charge in [-0.3, -0.25) is 0 Å². The topological polar surface area (TPSA) is 63.4 Å². The van der Waals surface area contributed by atoms with Crippen molar-refractivity contribution in [2.45, 2.75) is 30.2 Å². The van der Waals surface area contributed by atoms with E-state index < -0.39 is 10.0 Å². The van der Waals surface area contributed by atoms with Crippen molar-refractivity contribution in [1.82, 2.24) is 4.31 Å². The Kier molecular flexibility index (Phi) is 4.80. The van der Waals surface area contributed by atoms with Crippen LogP contribution in [0, 0.1) is 0 Å². The van der Waals surface area contributed by atoms with Crippen molar-refractivity contribution in [2.75, 3.05) is 13.1 Å². The maximum atomic E-state index is 12.9. The molecule has 0 amide bonds. The largest absolute Gasteiger partial charge is 0.329 e. The highest BCUT2D eigenvalue weighted by Gasteiger charge is 2.32. The molecule has 0 aromatic heterocycles. The summed E-state index contributed by atoms with van der Waals surface area (Å²) in [6.45, 7) is 0.936. The summed E-state index contributed by atoms with van der Waals surface area (Å²) in [5, 5.41) is 0. The Labute approximate surface area is 138 Å². The van der Waals surface area contributed by atoms with Gasteiger partial charge in [-0.15, -0.1) is 0 Å². The number of piperidine rings is 1. The van der Waals surface area contributed by atoms with Gasteiger partial charge in [0, 0.05) is 19.1 Å². The molecule has 3 rings (SSSR count). The van der Waals surface area contributed by atoms with Crippen molar-refractivity contribution in [3.63, 3.8) is 0 Å².